The van der Waals surface area contributed by atoms with E-state index in [1.54, 1.807) is 0 Å². The number of hydrogen-bond donors (Lipinski definition) is 2. The van der Waals surface area contributed by atoms with Crippen LogP contribution in [0.3, 0.4) is 0 Å². The molecule has 0 aromatic carbocycles. The molecule has 0 spiro atoms. The van der Waals surface area contributed by atoms with Crippen LogP contribution in [-0.2, 0) is 6.42 Å². The first kappa shape index (κ1) is 16.8. The van der Waals surface area contributed by atoms with Gasteiger partial charge in [0.05, 0.1) is 0 Å². The molecule has 3 heterocycles. The van der Waals surface area contributed by atoms with Gasteiger partial charge in [-0.3, -0.25) is 9.88 Å². The largest absolute Gasteiger partial charge is 0.315 e. The zero-order chi connectivity index (χ0) is 15.7. The summed E-state index contributed by atoms with van der Waals surface area (Å²) in [7, 11) is 0. The van der Waals surface area contributed by atoms with Crippen molar-refractivity contribution in [2.24, 2.45) is 0 Å². The lowest BCUT2D eigenvalue weighted by Gasteiger charge is -2.36. The number of aromatic nitrogens is 1. The van der Waals surface area contributed by atoms with E-state index in [0.717, 1.165) is 39.1 Å². The fourth-order valence-corrected chi connectivity index (χ4v) is 3.66. The third-order valence-corrected chi connectivity index (χ3v) is 5.05. The summed E-state index contributed by atoms with van der Waals surface area (Å²) in [4.78, 5) is 9.86. The van der Waals surface area contributed by atoms with E-state index in [1.165, 1.54) is 44.7 Å². The first-order valence-electron chi connectivity index (χ1n) is 9.19. The zero-order valence-corrected chi connectivity index (χ0v) is 14.2. The lowest BCUT2D eigenvalue weighted by atomic mass is 10.0. The first-order chi connectivity index (χ1) is 11.4. The first-order valence-corrected chi connectivity index (χ1v) is 9.19. The van der Waals surface area contributed by atoms with E-state index >= 15 is 0 Å². The second-order valence-corrected chi connectivity index (χ2v) is 6.70. The Morgan fingerprint density at radius 2 is 1.87 bits per heavy atom. The number of hydrogen-bond acceptors (Lipinski definition) is 5. The molecule has 1 aromatic heterocycles. The van der Waals surface area contributed by atoms with Gasteiger partial charge in [0.2, 0.25) is 0 Å². The van der Waals surface area contributed by atoms with Crippen LogP contribution in [0.4, 0.5) is 0 Å². The van der Waals surface area contributed by atoms with Gasteiger partial charge in [0.1, 0.15) is 0 Å². The zero-order valence-electron chi connectivity index (χ0n) is 14.2. The van der Waals surface area contributed by atoms with Crippen molar-refractivity contribution < 1.29 is 0 Å². The van der Waals surface area contributed by atoms with Crippen molar-refractivity contribution in [3.05, 3.63) is 30.1 Å². The minimum absolute atomic E-state index is 0.582. The summed E-state index contributed by atoms with van der Waals surface area (Å²) < 4.78 is 0. The second-order valence-electron chi connectivity index (χ2n) is 6.70. The highest BCUT2D eigenvalue weighted by Gasteiger charge is 2.21. The predicted octanol–water partition coefficient (Wildman–Crippen LogP) is 0.583. The van der Waals surface area contributed by atoms with Gasteiger partial charge in [-0.15, -0.1) is 0 Å². The highest BCUT2D eigenvalue weighted by Crippen LogP contribution is 2.12. The van der Waals surface area contributed by atoms with Gasteiger partial charge < -0.3 is 15.5 Å². The fourth-order valence-electron chi connectivity index (χ4n) is 3.66. The molecule has 2 aliphatic heterocycles. The van der Waals surface area contributed by atoms with Crippen LogP contribution in [0.25, 0.3) is 0 Å². The molecule has 3 atom stereocenters. The van der Waals surface area contributed by atoms with E-state index < -0.39 is 0 Å². The maximum Gasteiger partial charge on any atom is 0.0419 e. The van der Waals surface area contributed by atoms with Gasteiger partial charge in [0, 0.05) is 63.6 Å². The smallest absolute Gasteiger partial charge is 0.0419 e. The van der Waals surface area contributed by atoms with Gasteiger partial charge in [-0.2, -0.15) is 0 Å². The molecule has 2 saturated heterocycles. The van der Waals surface area contributed by atoms with Crippen LogP contribution in [-0.4, -0.2) is 79.7 Å². The quantitative estimate of drug-likeness (QED) is 0.835. The van der Waals surface area contributed by atoms with Crippen LogP contribution in [0, 0.1) is 0 Å². The topological polar surface area (TPSA) is 43.4 Å². The number of pyridine rings is 1. The molecule has 0 amide bonds. The second kappa shape index (κ2) is 9.33. The van der Waals surface area contributed by atoms with Crippen molar-refractivity contribution in [1.29, 1.82) is 0 Å². The molecule has 5 nitrogen and oxygen atoms in total. The lowest BCUT2D eigenvalue weighted by molar-refractivity contribution is 0.138. The van der Waals surface area contributed by atoms with Crippen LogP contribution in [0.2, 0.25) is 0 Å². The van der Waals surface area contributed by atoms with Gasteiger partial charge in [-0.1, -0.05) is 6.07 Å². The molecule has 2 aliphatic rings. The molecule has 128 valence electrons. The van der Waals surface area contributed by atoms with Gasteiger partial charge in [-0.25, -0.2) is 0 Å². The average molecular weight is 317 g/mol. The van der Waals surface area contributed by atoms with Gasteiger partial charge in [-0.05, 0) is 44.6 Å². The highest BCUT2D eigenvalue weighted by molar-refractivity contribution is 5.05. The fraction of sp³-hybridized carbons (Fsp3) is 0.722. The van der Waals surface area contributed by atoms with E-state index in [1.807, 2.05) is 12.3 Å². The van der Waals surface area contributed by atoms with Gasteiger partial charge >= 0.3 is 0 Å². The standard InChI is InChI=1S/C18H31N5/c1-2-7-21-17(4-1)16-18-5-8-20-9-12-22-11-3-6-19-10-13-23(18)15-14-22/h1-2,4,7,18-20H,3,5-6,8-16H2. The maximum atomic E-state index is 4.55. The van der Waals surface area contributed by atoms with Crippen molar-refractivity contribution >= 4 is 0 Å². The minimum atomic E-state index is 0.582. The van der Waals surface area contributed by atoms with E-state index in [-0.39, 0.29) is 0 Å². The third-order valence-electron chi connectivity index (χ3n) is 5.05. The summed E-state index contributed by atoms with van der Waals surface area (Å²) in [5.41, 5.74) is 1.22. The molecule has 2 N–H and O–H groups in total. The summed E-state index contributed by atoms with van der Waals surface area (Å²) in [5.74, 6) is 0. The van der Waals surface area contributed by atoms with Crippen LogP contribution in [0.1, 0.15) is 18.5 Å². The van der Waals surface area contributed by atoms with Crippen molar-refractivity contribution in [3.8, 4) is 0 Å². The molecular formula is C18H31N5. The van der Waals surface area contributed by atoms with Crippen molar-refractivity contribution in [3.63, 3.8) is 0 Å². The molecule has 1 aromatic rings. The van der Waals surface area contributed by atoms with E-state index in [9.17, 15) is 0 Å². The maximum absolute atomic E-state index is 4.55. The minimum Gasteiger partial charge on any atom is -0.315 e. The summed E-state index contributed by atoms with van der Waals surface area (Å²) in [6, 6.07) is 6.85. The van der Waals surface area contributed by atoms with Crippen molar-refractivity contribution in [1.82, 2.24) is 25.4 Å². The molecular weight excluding hydrogens is 286 g/mol. The Kier molecular flexibility index (Phi) is 6.83. The molecule has 3 unspecified atom stereocenters. The molecule has 0 aliphatic carbocycles. The predicted molar refractivity (Wildman–Crippen MR) is 94.7 cm³/mol. The van der Waals surface area contributed by atoms with E-state index in [0.29, 0.717) is 6.04 Å². The van der Waals surface area contributed by atoms with Crippen molar-refractivity contribution in [2.45, 2.75) is 25.3 Å². The number of nitrogens with zero attached hydrogens (tertiary/aromatic N) is 3. The molecule has 2 fully saturated rings. The normalized spacial score (nSPS) is 30.7. The monoisotopic (exact) mass is 317 g/mol. The van der Waals surface area contributed by atoms with Crippen LogP contribution < -0.4 is 10.6 Å². The number of rotatable bonds is 2. The lowest BCUT2D eigenvalue weighted by Crippen LogP contribution is -2.49. The Morgan fingerprint density at radius 3 is 2.78 bits per heavy atom. The van der Waals surface area contributed by atoms with E-state index in [2.05, 4.69) is 37.6 Å². The molecule has 3 rings (SSSR count). The number of nitrogens with one attached hydrogen (secondary N) is 2. The number of fused-ring (bicyclic) bond motifs is 3. The highest BCUT2D eigenvalue weighted by atomic mass is 15.2. The molecule has 0 saturated carbocycles. The molecule has 5 heteroatoms. The summed E-state index contributed by atoms with van der Waals surface area (Å²) >= 11 is 0. The Morgan fingerprint density at radius 1 is 0.957 bits per heavy atom. The molecule has 0 radical (unpaired) electrons. The van der Waals surface area contributed by atoms with Crippen LogP contribution in [0.5, 0.6) is 0 Å². The van der Waals surface area contributed by atoms with E-state index in [4.69, 9.17) is 0 Å². The average Bonchev–Trinajstić information content (AvgIpc) is 2.60. The molecule has 23 heavy (non-hydrogen) atoms. The Labute approximate surface area is 140 Å². The van der Waals surface area contributed by atoms with Gasteiger partial charge in [0.15, 0.2) is 0 Å². The van der Waals surface area contributed by atoms with Crippen LogP contribution in [0.15, 0.2) is 24.4 Å². The van der Waals surface area contributed by atoms with Crippen molar-refractivity contribution in [2.75, 3.05) is 58.9 Å². The summed E-state index contributed by atoms with van der Waals surface area (Å²) in [5, 5.41) is 7.24. The summed E-state index contributed by atoms with van der Waals surface area (Å²) in [6.45, 7) is 10.4. The SMILES string of the molecule is c1ccc(CC2CCNCCN3CCCNCCN2CC3)nc1. The Balaban J connectivity index is 1.69. The Hall–Kier alpha value is -1.01. The van der Waals surface area contributed by atoms with Crippen LogP contribution >= 0.6 is 0 Å². The molecule has 2 bridgehead atoms. The Bertz CT molecular complexity index is 436. The van der Waals surface area contributed by atoms with Gasteiger partial charge in [0.25, 0.3) is 0 Å². The third kappa shape index (κ3) is 5.53. The summed E-state index contributed by atoms with van der Waals surface area (Å²) in [6.07, 6.45) is 5.44.